The monoisotopic (exact) mass is 277 g/mol. The van der Waals surface area contributed by atoms with Crippen LogP contribution in [0.25, 0.3) is 0 Å². The second-order valence-corrected chi connectivity index (χ2v) is 4.08. The molecule has 1 heterocycles. The van der Waals surface area contributed by atoms with Crippen molar-refractivity contribution in [1.82, 2.24) is 10.3 Å². The van der Waals surface area contributed by atoms with E-state index in [1.54, 1.807) is 19.2 Å². The number of pyridine rings is 1. The molecular formula is C14H13F2N3O. The Morgan fingerprint density at radius 2 is 2.05 bits per heavy atom. The maximum Gasteiger partial charge on any atom is 0.270 e. The Balaban J connectivity index is 2.06. The molecule has 2 rings (SSSR count). The molecule has 0 radical (unpaired) electrons. The third-order valence-corrected chi connectivity index (χ3v) is 2.69. The van der Waals surface area contributed by atoms with E-state index < -0.39 is 17.5 Å². The fraction of sp³-hybridized carbons (Fsp3) is 0.143. The standard InChI is InChI=1S/C14H13F2N3O/c1-17-13-4-2-3-12(19-13)14(20)18-8-9-7-10(15)5-6-11(9)16/h2-7H,8H2,1H3,(H,17,19)(H,18,20). The lowest BCUT2D eigenvalue weighted by Gasteiger charge is -2.07. The number of nitrogens with zero attached hydrogens (tertiary/aromatic N) is 1. The fourth-order valence-corrected chi connectivity index (χ4v) is 1.65. The van der Waals surface area contributed by atoms with Crippen molar-refractivity contribution >= 4 is 11.7 Å². The predicted molar refractivity (Wildman–Crippen MR) is 71.3 cm³/mol. The zero-order chi connectivity index (χ0) is 14.5. The Labute approximate surface area is 114 Å². The number of carbonyl (C=O) groups excluding carboxylic acids is 1. The maximum atomic E-state index is 13.4. The smallest absolute Gasteiger partial charge is 0.270 e. The van der Waals surface area contributed by atoms with E-state index >= 15 is 0 Å². The lowest BCUT2D eigenvalue weighted by molar-refractivity contribution is 0.0945. The lowest BCUT2D eigenvalue weighted by Crippen LogP contribution is -2.24. The molecule has 2 aromatic rings. The average Bonchev–Trinajstić information content (AvgIpc) is 2.48. The van der Waals surface area contributed by atoms with Gasteiger partial charge in [-0.15, -0.1) is 0 Å². The number of halogens is 2. The minimum absolute atomic E-state index is 0.0862. The van der Waals surface area contributed by atoms with Crippen LogP contribution in [-0.2, 0) is 6.54 Å². The van der Waals surface area contributed by atoms with Crippen LogP contribution >= 0.6 is 0 Å². The molecular weight excluding hydrogens is 264 g/mol. The van der Waals surface area contributed by atoms with Crippen molar-refractivity contribution in [1.29, 1.82) is 0 Å². The summed E-state index contributed by atoms with van der Waals surface area (Å²) in [6.07, 6.45) is 0. The first kappa shape index (κ1) is 13.9. The van der Waals surface area contributed by atoms with Crippen LogP contribution in [0, 0.1) is 11.6 Å². The van der Waals surface area contributed by atoms with Gasteiger partial charge in [-0.3, -0.25) is 4.79 Å². The molecule has 0 saturated heterocycles. The van der Waals surface area contributed by atoms with Gasteiger partial charge >= 0.3 is 0 Å². The van der Waals surface area contributed by atoms with Crippen molar-refractivity contribution in [2.24, 2.45) is 0 Å². The molecule has 0 unspecified atom stereocenters. The van der Waals surface area contributed by atoms with Gasteiger partial charge in [0.15, 0.2) is 0 Å². The van der Waals surface area contributed by atoms with E-state index in [1.165, 1.54) is 6.07 Å². The van der Waals surface area contributed by atoms with Crippen LogP contribution in [0.4, 0.5) is 14.6 Å². The van der Waals surface area contributed by atoms with Gasteiger partial charge in [0.1, 0.15) is 23.1 Å². The highest BCUT2D eigenvalue weighted by molar-refractivity contribution is 5.92. The number of hydrogen-bond donors (Lipinski definition) is 2. The summed E-state index contributed by atoms with van der Waals surface area (Å²) in [5.41, 5.74) is 0.289. The zero-order valence-corrected chi connectivity index (χ0v) is 10.8. The molecule has 1 aromatic carbocycles. The summed E-state index contributed by atoms with van der Waals surface area (Å²) in [6, 6.07) is 8.03. The Bertz CT molecular complexity index is 632. The highest BCUT2D eigenvalue weighted by Crippen LogP contribution is 2.10. The van der Waals surface area contributed by atoms with Gasteiger partial charge in [-0.25, -0.2) is 13.8 Å². The number of amides is 1. The van der Waals surface area contributed by atoms with Crippen LogP contribution in [0.5, 0.6) is 0 Å². The SMILES string of the molecule is CNc1cccc(C(=O)NCc2cc(F)ccc2F)n1. The number of rotatable bonds is 4. The number of carbonyl (C=O) groups is 1. The summed E-state index contributed by atoms with van der Waals surface area (Å²) in [5.74, 6) is -1.02. The number of nitrogens with one attached hydrogen (secondary N) is 2. The first-order chi connectivity index (χ1) is 9.60. The lowest BCUT2D eigenvalue weighted by atomic mass is 10.2. The third kappa shape index (κ3) is 3.28. The largest absolute Gasteiger partial charge is 0.373 e. The van der Waals surface area contributed by atoms with Crippen LogP contribution < -0.4 is 10.6 Å². The molecule has 1 aromatic heterocycles. The molecule has 4 nitrogen and oxygen atoms in total. The van der Waals surface area contributed by atoms with Gasteiger partial charge < -0.3 is 10.6 Å². The number of hydrogen-bond acceptors (Lipinski definition) is 3. The summed E-state index contributed by atoms with van der Waals surface area (Å²) in [5, 5.41) is 5.31. The van der Waals surface area contributed by atoms with Crippen LogP contribution in [0.3, 0.4) is 0 Å². The van der Waals surface area contributed by atoms with Crippen molar-refractivity contribution in [3.63, 3.8) is 0 Å². The molecule has 104 valence electrons. The van der Waals surface area contributed by atoms with Gasteiger partial charge in [0.2, 0.25) is 0 Å². The fourth-order valence-electron chi connectivity index (χ4n) is 1.65. The Morgan fingerprint density at radius 3 is 2.80 bits per heavy atom. The maximum absolute atomic E-state index is 13.4. The summed E-state index contributed by atoms with van der Waals surface area (Å²) in [6.45, 7) is -0.103. The minimum Gasteiger partial charge on any atom is -0.373 e. The van der Waals surface area contributed by atoms with E-state index in [4.69, 9.17) is 0 Å². The van der Waals surface area contributed by atoms with Gasteiger partial charge in [-0.1, -0.05) is 6.07 Å². The highest BCUT2D eigenvalue weighted by Gasteiger charge is 2.09. The van der Waals surface area contributed by atoms with Gasteiger partial charge in [-0.2, -0.15) is 0 Å². The molecule has 2 N–H and O–H groups in total. The molecule has 6 heteroatoms. The highest BCUT2D eigenvalue weighted by atomic mass is 19.1. The minimum atomic E-state index is -0.566. The third-order valence-electron chi connectivity index (χ3n) is 2.69. The topological polar surface area (TPSA) is 54.0 Å². The molecule has 0 aliphatic rings. The molecule has 0 aliphatic carbocycles. The molecule has 0 fully saturated rings. The Kier molecular flexibility index (Phi) is 4.24. The van der Waals surface area contributed by atoms with E-state index in [0.717, 1.165) is 18.2 Å². The van der Waals surface area contributed by atoms with Crippen molar-refractivity contribution in [2.45, 2.75) is 6.54 Å². The second-order valence-electron chi connectivity index (χ2n) is 4.08. The van der Waals surface area contributed by atoms with Crippen molar-refractivity contribution in [2.75, 3.05) is 12.4 Å². The summed E-state index contributed by atoms with van der Waals surface area (Å²) < 4.78 is 26.4. The first-order valence-corrected chi connectivity index (χ1v) is 5.97. The van der Waals surface area contributed by atoms with E-state index in [-0.39, 0.29) is 17.8 Å². The average molecular weight is 277 g/mol. The quantitative estimate of drug-likeness (QED) is 0.902. The van der Waals surface area contributed by atoms with Crippen molar-refractivity contribution < 1.29 is 13.6 Å². The zero-order valence-electron chi connectivity index (χ0n) is 10.8. The van der Waals surface area contributed by atoms with Gasteiger partial charge in [0.05, 0.1) is 0 Å². The second kappa shape index (κ2) is 6.10. The van der Waals surface area contributed by atoms with Crippen LogP contribution in [0.2, 0.25) is 0 Å². The molecule has 0 atom stereocenters. The summed E-state index contributed by atoms with van der Waals surface area (Å²) in [7, 11) is 1.69. The normalized spacial score (nSPS) is 10.2. The molecule has 0 saturated carbocycles. The van der Waals surface area contributed by atoms with Gasteiger partial charge in [0.25, 0.3) is 5.91 Å². The number of benzene rings is 1. The Morgan fingerprint density at radius 1 is 1.25 bits per heavy atom. The van der Waals surface area contributed by atoms with E-state index in [2.05, 4.69) is 15.6 Å². The predicted octanol–water partition coefficient (Wildman–Crippen LogP) is 2.33. The van der Waals surface area contributed by atoms with Crippen molar-refractivity contribution in [3.8, 4) is 0 Å². The van der Waals surface area contributed by atoms with E-state index in [9.17, 15) is 13.6 Å². The van der Waals surface area contributed by atoms with Crippen LogP contribution in [0.1, 0.15) is 16.1 Å². The van der Waals surface area contributed by atoms with Crippen LogP contribution in [-0.4, -0.2) is 17.9 Å². The molecule has 0 bridgehead atoms. The summed E-state index contributed by atoms with van der Waals surface area (Å²) in [4.78, 5) is 15.9. The summed E-state index contributed by atoms with van der Waals surface area (Å²) >= 11 is 0. The van der Waals surface area contributed by atoms with Gasteiger partial charge in [-0.05, 0) is 30.3 Å². The number of aromatic nitrogens is 1. The molecule has 0 spiro atoms. The molecule has 1 amide bonds. The Hall–Kier alpha value is -2.50. The van der Waals surface area contributed by atoms with Gasteiger partial charge in [0, 0.05) is 19.2 Å². The van der Waals surface area contributed by atoms with Crippen LogP contribution in [0.15, 0.2) is 36.4 Å². The molecule has 0 aliphatic heterocycles. The van der Waals surface area contributed by atoms with Crippen molar-refractivity contribution in [3.05, 3.63) is 59.3 Å². The number of anilines is 1. The first-order valence-electron chi connectivity index (χ1n) is 5.97. The molecule has 20 heavy (non-hydrogen) atoms. The van der Waals surface area contributed by atoms with E-state index in [1.807, 2.05) is 0 Å². The van der Waals surface area contributed by atoms with E-state index in [0.29, 0.717) is 5.82 Å².